The zero-order valence-electron chi connectivity index (χ0n) is 15.4. The Bertz CT molecular complexity index is 1140. The molecule has 0 amide bonds. The summed E-state index contributed by atoms with van der Waals surface area (Å²) >= 11 is 0. The quantitative estimate of drug-likeness (QED) is 0.489. The van der Waals surface area contributed by atoms with Gasteiger partial charge in [-0.15, -0.1) is 0 Å². The summed E-state index contributed by atoms with van der Waals surface area (Å²) in [6.45, 7) is 7.24. The molecule has 3 rings (SSSR count). The van der Waals surface area contributed by atoms with E-state index >= 15 is 0 Å². The summed E-state index contributed by atoms with van der Waals surface area (Å²) in [6, 6.07) is 9.28. The maximum absolute atomic E-state index is 11.4. The number of aromatic nitrogens is 2. The lowest BCUT2D eigenvalue weighted by Gasteiger charge is -2.12. The van der Waals surface area contributed by atoms with Crippen molar-refractivity contribution in [2.24, 2.45) is 0 Å². The first-order chi connectivity index (χ1) is 13.5. The number of benzene rings is 1. The third-order valence-corrected chi connectivity index (χ3v) is 4.25. The average molecular weight is 374 g/mol. The minimum absolute atomic E-state index is 0.137. The van der Waals surface area contributed by atoms with Gasteiger partial charge in [0.15, 0.2) is 0 Å². The zero-order valence-corrected chi connectivity index (χ0v) is 15.4. The van der Waals surface area contributed by atoms with Crippen molar-refractivity contribution in [1.29, 1.82) is 5.26 Å². The van der Waals surface area contributed by atoms with Crippen LogP contribution in [0, 0.1) is 18.3 Å². The average Bonchev–Trinajstić information content (AvgIpc) is 3.05. The number of allylic oxidation sites excluding steroid dienone is 2. The summed E-state index contributed by atoms with van der Waals surface area (Å²) in [6.07, 6.45) is 6.26. The third kappa shape index (κ3) is 3.44. The molecule has 7 nitrogen and oxygen atoms in total. The van der Waals surface area contributed by atoms with Gasteiger partial charge < -0.3 is 15.2 Å². The van der Waals surface area contributed by atoms with Crippen LogP contribution in [0.3, 0.4) is 0 Å². The Labute approximate surface area is 161 Å². The predicted molar refractivity (Wildman–Crippen MR) is 106 cm³/mol. The summed E-state index contributed by atoms with van der Waals surface area (Å²) in [4.78, 5) is 11.4. The van der Waals surface area contributed by atoms with Crippen molar-refractivity contribution < 1.29 is 14.6 Å². The molecule has 0 aliphatic heterocycles. The molecule has 2 N–H and O–H groups in total. The Hall–Kier alpha value is -4.05. The first-order valence-electron chi connectivity index (χ1n) is 8.46. The molecule has 0 aliphatic carbocycles. The summed E-state index contributed by atoms with van der Waals surface area (Å²) in [5, 5.41) is 26.2. The first kappa shape index (κ1) is 18.7. The van der Waals surface area contributed by atoms with E-state index in [1.807, 2.05) is 13.0 Å². The molecule has 1 aromatic carbocycles. The van der Waals surface area contributed by atoms with Crippen LogP contribution in [-0.2, 0) is 0 Å². The number of aromatic carboxylic acids is 1. The smallest absolute Gasteiger partial charge is 0.337 e. The van der Waals surface area contributed by atoms with Gasteiger partial charge in [-0.05, 0) is 55.8 Å². The van der Waals surface area contributed by atoms with Gasteiger partial charge in [-0.1, -0.05) is 6.58 Å². The molecular weight excluding hydrogens is 356 g/mol. The number of hydrogen-bond acceptors (Lipinski definition) is 5. The number of carboxylic acid groups (broad SMARTS) is 1. The van der Waals surface area contributed by atoms with Crippen LogP contribution in [0.1, 0.15) is 28.4 Å². The van der Waals surface area contributed by atoms with Crippen LogP contribution in [0.15, 0.2) is 61.1 Å². The predicted octanol–water partition coefficient (Wildman–Crippen LogP) is 4.42. The molecule has 0 aliphatic rings. The zero-order chi connectivity index (χ0) is 20.3. The van der Waals surface area contributed by atoms with Crippen molar-refractivity contribution in [3.8, 4) is 11.8 Å². The molecule has 2 aromatic heterocycles. The number of carboxylic acids is 1. The maximum Gasteiger partial charge on any atom is 0.337 e. The number of fused-ring (bicyclic) bond motifs is 1. The van der Waals surface area contributed by atoms with Gasteiger partial charge in [0, 0.05) is 11.9 Å². The van der Waals surface area contributed by atoms with E-state index < -0.39 is 5.97 Å². The Morgan fingerprint density at radius 1 is 1.39 bits per heavy atom. The fourth-order valence-corrected chi connectivity index (χ4v) is 2.82. The fourth-order valence-electron chi connectivity index (χ4n) is 2.82. The SMILES string of the molecule is C=C/C(=C/C)Oc1ccc(Nc2c(C#N)cnn3cc(C(=O)O)c(C)c23)cc1. The Morgan fingerprint density at radius 2 is 2.11 bits per heavy atom. The van der Waals surface area contributed by atoms with Crippen molar-refractivity contribution in [1.82, 2.24) is 9.61 Å². The largest absolute Gasteiger partial charge is 0.478 e. The molecule has 0 fully saturated rings. The standard InChI is InChI=1S/C21H18N4O3/c1-4-16(5-2)28-17-8-6-15(7-9-17)24-19-14(10-22)11-23-25-12-18(21(26)27)13(3)20(19)25/h4-9,11-12,24H,1H2,2-3H3,(H,26,27)/b16-5-. The number of nitriles is 1. The molecule has 28 heavy (non-hydrogen) atoms. The highest BCUT2D eigenvalue weighted by molar-refractivity contribution is 5.96. The van der Waals surface area contributed by atoms with Crippen molar-refractivity contribution in [3.63, 3.8) is 0 Å². The molecule has 0 atom stereocenters. The van der Waals surface area contributed by atoms with Crippen LogP contribution in [0.25, 0.3) is 5.52 Å². The number of nitrogens with zero attached hydrogens (tertiary/aromatic N) is 3. The molecule has 140 valence electrons. The van der Waals surface area contributed by atoms with Gasteiger partial charge in [0.2, 0.25) is 0 Å². The van der Waals surface area contributed by atoms with Crippen LogP contribution in [-0.4, -0.2) is 20.7 Å². The molecule has 0 saturated heterocycles. The number of hydrogen-bond donors (Lipinski definition) is 2. The normalized spacial score (nSPS) is 11.1. The van der Waals surface area contributed by atoms with Gasteiger partial charge in [-0.2, -0.15) is 10.4 Å². The van der Waals surface area contributed by atoms with Gasteiger partial charge >= 0.3 is 5.97 Å². The summed E-state index contributed by atoms with van der Waals surface area (Å²) in [7, 11) is 0. The van der Waals surface area contributed by atoms with Gasteiger partial charge in [-0.25, -0.2) is 9.31 Å². The van der Waals surface area contributed by atoms with Crippen LogP contribution in [0.5, 0.6) is 5.75 Å². The monoisotopic (exact) mass is 374 g/mol. The minimum atomic E-state index is -1.05. The van der Waals surface area contributed by atoms with Crippen LogP contribution in [0.2, 0.25) is 0 Å². The van der Waals surface area contributed by atoms with Gasteiger partial charge in [0.1, 0.15) is 17.6 Å². The van der Waals surface area contributed by atoms with Crippen molar-refractivity contribution in [2.75, 3.05) is 5.32 Å². The molecule has 0 bridgehead atoms. The van der Waals surface area contributed by atoms with E-state index in [9.17, 15) is 15.2 Å². The van der Waals surface area contributed by atoms with Crippen molar-refractivity contribution in [3.05, 3.63) is 77.8 Å². The topological polar surface area (TPSA) is 99.6 Å². The molecule has 0 spiro atoms. The number of ether oxygens (including phenoxy) is 1. The Kier molecular flexibility index (Phi) is 5.14. The molecule has 0 unspecified atom stereocenters. The third-order valence-electron chi connectivity index (χ3n) is 4.25. The van der Waals surface area contributed by atoms with E-state index in [0.717, 1.165) is 5.69 Å². The van der Waals surface area contributed by atoms with E-state index in [4.69, 9.17) is 4.74 Å². The highest BCUT2D eigenvalue weighted by Gasteiger charge is 2.19. The van der Waals surface area contributed by atoms with Gasteiger partial charge in [-0.3, -0.25) is 0 Å². The van der Waals surface area contributed by atoms with Crippen LogP contribution >= 0.6 is 0 Å². The lowest BCUT2D eigenvalue weighted by atomic mass is 10.1. The Balaban J connectivity index is 2.01. The van der Waals surface area contributed by atoms with Crippen LogP contribution < -0.4 is 10.1 Å². The highest BCUT2D eigenvalue weighted by atomic mass is 16.5. The maximum atomic E-state index is 11.4. The second kappa shape index (κ2) is 7.68. The molecule has 7 heteroatoms. The molecule has 0 saturated carbocycles. The fraction of sp³-hybridized carbons (Fsp3) is 0.0952. The minimum Gasteiger partial charge on any atom is -0.478 e. The van der Waals surface area contributed by atoms with E-state index in [1.54, 1.807) is 37.3 Å². The number of aryl methyl sites for hydroxylation is 1. The molecule has 3 aromatic rings. The van der Waals surface area contributed by atoms with E-state index in [-0.39, 0.29) is 5.56 Å². The van der Waals surface area contributed by atoms with Gasteiger partial charge in [0.25, 0.3) is 0 Å². The van der Waals surface area contributed by atoms with E-state index in [1.165, 1.54) is 16.9 Å². The molecular formula is C21H18N4O3. The molecule has 2 heterocycles. The number of nitrogens with one attached hydrogen (secondary N) is 1. The van der Waals surface area contributed by atoms with Crippen LogP contribution in [0.4, 0.5) is 11.4 Å². The number of rotatable bonds is 6. The lowest BCUT2D eigenvalue weighted by Crippen LogP contribution is -2.01. The first-order valence-corrected chi connectivity index (χ1v) is 8.46. The number of anilines is 2. The second-order valence-corrected chi connectivity index (χ2v) is 5.96. The summed E-state index contributed by atoms with van der Waals surface area (Å²) in [5.41, 5.74) is 2.74. The summed E-state index contributed by atoms with van der Waals surface area (Å²) < 4.78 is 7.13. The van der Waals surface area contributed by atoms with Crippen molar-refractivity contribution >= 4 is 22.9 Å². The van der Waals surface area contributed by atoms with Gasteiger partial charge in [0.05, 0.1) is 28.5 Å². The number of carbonyl (C=O) groups is 1. The summed E-state index contributed by atoms with van der Waals surface area (Å²) in [5.74, 6) is 0.246. The van der Waals surface area contributed by atoms with E-state index in [2.05, 4.69) is 23.1 Å². The second-order valence-electron chi connectivity index (χ2n) is 5.96. The highest BCUT2D eigenvalue weighted by Crippen LogP contribution is 2.30. The van der Waals surface area contributed by atoms with E-state index in [0.29, 0.717) is 33.8 Å². The van der Waals surface area contributed by atoms with Crippen molar-refractivity contribution in [2.45, 2.75) is 13.8 Å². The Morgan fingerprint density at radius 3 is 2.68 bits per heavy atom. The lowest BCUT2D eigenvalue weighted by molar-refractivity contribution is 0.0696. The molecule has 0 radical (unpaired) electrons.